The fourth-order valence-corrected chi connectivity index (χ4v) is 2.11. The number of benzene rings is 2. The van der Waals surface area contributed by atoms with E-state index in [1.54, 1.807) is 42.5 Å². The lowest BCUT2D eigenvalue weighted by atomic mass is 10.1. The van der Waals surface area contributed by atoms with E-state index in [9.17, 15) is 14.4 Å². The molecule has 0 atom stereocenters. The predicted octanol–water partition coefficient (Wildman–Crippen LogP) is 2.40. The van der Waals surface area contributed by atoms with Gasteiger partial charge in [-0.3, -0.25) is 9.59 Å². The second kappa shape index (κ2) is 8.62. The Labute approximate surface area is 140 Å². The van der Waals surface area contributed by atoms with E-state index in [1.165, 1.54) is 6.92 Å². The number of ether oxygens (including phenoxy) is 1. The van der Waals surface area contributed by atoms with Crippen LogP contribution >= 0.6 is 0 Å². The van der Waals surface area contributed by atoms with Gasteiger partial charge in [0.2, 0.25) is 5.91 Å². The molecule has 2 aromatic rings. The van der Waals surface area contributed by atoms with E-state index < -0.39 is 5.97 Å². The van der Waals surface area contributed by atoms with Gasteiger partial charge in [0.25, 0.3) is 0 Å². The number of hydrogen-bond acceptors (Lipinski definition) is 4. The van der Waals surface area contributed by atoms with Crippen LogP contribution in [0.4, 0.5) is 0 Å². The van der Waals surface area contributed by atoms with Crippen LogP contribution < -0.4 is 5.32 Å². The van der Waals surface area contributed by atoms with Crippen LogP contribution in [0.1, 0.15) is 33.2 Å². The van der Waals surface area contributed by atoms with E-state index in [2.05, 4.69) is 5.32 Å². The summed E-state index contributed by atoms with van der Waals surface area (Å²) in [5.41, 5.74) is 1.92. The molecule has 0 aliphatic carbocycles. The van der Waals surface area contributed by atoms with Gasteiger partial charge in [0, 0.05) is 19.0 Å². The Hall–Kier alpha value is -2.95. The van der Waals surface area contributed by atoms with Gasteiger partial charge < -0.3 is 10.1 Å². The van der Waals surface area contributed by atoms with E-state index in [1.807, 2.05) is 12.1 Å². The van der Waals surface area contributed by atoms with Gasteiger partial charge in [-0.15, -0.1) is 0 Å². The minimum atomic E-state index is -0.518. The van der Waals surface area contributed by atoms with Crippen molar-refractivity contribution in [2.24, 2.45) is 0 Å². The van der Waals surface area contributed by atoms with Crippen LogP contribution in [0.5, 0.6) is 0 Å². The average molecular weight is 325 g/mol. The van der Waals surface area contributed by atoms with Gasteiger partial charge in [-0.2, -0.15) is 0 Å². The molecule has 1 amide bonds. The number of rotatable bonds is 7. The molecule has 5 heteroatoms. The molecule has 24 heavy (non-hydrogen) atoms. The van der Waals surface area contributed by atoms with E-state index >= 15 is 0 Å². The summed E-state index contributed by atoms with van der Waals surface area (Å²) < 4.78 is 5.03. The molecule has 5 nitrogen and oxygen atoms in total. The van der Waals surface area contributed by atoms with Crippen LogP contribution in [-0.2, 0) is 16.0 Å². The molecular weight excluding hydrogens is 306 g/mol. The highest BCUT2D eigenvalue weighted by molar-refractivity contribution is 5.99. The topological polar surface area (TPSA) is 72.5 Å². The third-order valence-electron chi connectivity index (χ3n) is 3.41. The predicted molar refractivity (Wildman–Crippen MR) is 89.9 cm³/mol. The number of amides is 1. The molecular formula is C19H19NO4. The zero-order chi connectivity index (χ0) is 17.4. The van der Waals surface area contributed by atoms with Crippen molar-refractivity contribution >= 4 is 17.7 Å². The molecule has 2 rings (SSSR count). The molecule has 0 fully saturated rings. The zero-order valence-electron chi connectivity index (χ0n) is 13.5. The largest absolute Gasteiger partial charge is 0.454 e. The van der Waals surface area contributed by atoms with E-state index in [0.29, 0.717) is 24.1 Å². The van der Waals surface area contributed by atoms with Crippen LogP contribution in [0.15, 0.2) is 54.6 Å². The molecule has 124 valence electrons. The lowest BCUT2D eigenvalue weighted by Gasteiger charge is -2.06. The standard InChI is InChI=1S/C19H19NO4/c1-14(21)20-12-11-15-7-9-16(10-8-15)18(22)13-24-19(23)17-5-3-2-4-6-17/h2-10H,11-13H2,1H3,(H,20,21). The normalized spacial score (nSPS) is 10.0. The van der Waals surface area contributed by atoms with Crippen molar-refractivity contribution < 1.29 is 19.1 Å². The molecule has 0 radical (unpaired) electrons. The number of esters is 1. The van der Waals surface area contributed by atoms with Crippen LogP contribution in [0.25, 0.3) is 0 Å². The molecule has 0 bridgehead atoms. The maximum atomic E-state index is 12.1. The van der Waals surface area contributed by atoms with Gasteiger partial charge in [-0.05, 0) is 24.1 Å². The first-order valence-electron chi connectivity index (χ1n) is 7.65. The Bertz CT molecular complexity index is 708. The molecule has 2 aromatic carbocycles. The van der Waals surface area contributed by atoms with Crippen LogP contribution in [0.2, 0.25) is 0 Å². The Morgan fingerprint density at radius 1 is 0.917 bits per heavy atom. The Morgan fingerprint density at radius 2 is 1.58 bits per heavy atom. The Kier molecular flexibility index (Phi) is 6.25. The highest BCUT2D eigenvalue weighted by atomic mass is 16.5. The monoisotopic (exact) mass is 325 g/mol. The minimum absolute atomic E-state index is 0.0676. The quantitative estimate of drug-likeness (QED) is 0.627. The lowest BCUT2D eigenvalue weighted by molar-refractivity contribution is -0.118. The molecule has 0 aromatic heterocycles. The van der Waals surface area contributed by atoms with Crippen LogP contribution in [-0.4, -0.2) is 30.8 Å². The van der Waals surface area contributed by atoms with Crippen molar-refractivity contribution in [3.63, 3.8) is 0 Å². The van der Waals surface area contributed by atoms with Crippen molar-refractivity contribution in [3.05, 3.63) is 71.3 Å². The van der Waals surface area contributed by atoms with Gasteiger partial charge in [0.05, 0.1) is 5.56 Å². The molecule has 0 aliphatic rings. The third kappa shape index (κ3) is 5.35. The molecule has 1 N–H and O–H groups in total. The summed E-state index contributed by atoms with van der Waals surface area (Å²) in [4.78, 5) is 34.7. The van der Waals surface area contributed by atoms with E-state index in [-0.39, 0.29) is 18.3 Å². The van der Waals surface area contributed by atoms with Gasteiger partial charge in [0.1, 0.15) is 0 Å². The summed E-state index contributed by atoms with van der Waals surface area (Å²) in [7, 11) is 0. The SMILES string of the molecule is CC(=O)NCCc1ccc(C(=O)COC(=O)c2ccccc2)cc1. The van der Waals surface area contributed by atoms with Crippen molar-refractivity contribution in [2.75, 3.05) is 13.2 Å². The number of carbonyl (C=O) groups excluding carboxylic acids is 3. The average Bonchev–Trinajstić information content (AvgIpc) is 2.60. The second-order valence-corrected chi connectivity index (χ2v) is 5.30. The molecule has 0 unspecified atom stereocenters. The molecule has 0 saturated heterocycles. The number of carbonyl (C=O) groups is 3. The zero-order valence-corrected chi connectivity index (χ0v) is 13.5. The van der Waals surface area contributed by atoms with Crippen molar-refractivity contribution in [2.45, 2.75) is 13.3 Å². The fourth-order valence-electron chi connectivity index (χ4n) is 2.11. The lowest BCUT2D eigenvalue weighted by Crippen LogP contribution is -2.22. The third-order valence-corrected chi connectivity index (χ3v) is 3.41. The smallest absolute Gasteiger partial charge is 0.338 e. The highest BCUT2D eigenvalue weighted by Gasteiger charge is 2.11. The maximum Gasteiger partial charge on any atom is 0.338 e. The van der Waals surface area contributed by atoms with Gasteiger partial charge in [0.15, 0.2) is 12.4 Å². The Morgan fingerprint density at radius 3 is 2.21 bits per heavy atom. The summed E-state index contributed by atoms with van der Waals surface area (Å²) in [6.45, 7) is 1.73. The molecule has 0 heterocycles. The maximum absolute atomic E-state index is 12.1. The van der Waals surface area contributed by atoms with Crippen molar-refractivity contribution in [3.8, 4) is 0 Å². The number of hydrogen-bond donors (Lipinski definition) is 1. The summed E-state index contributed by atoms with van der Waals surface area (Å²) in [5.74, 6) is -0.842. The van der Waals surface area contributed by atoms with Crippen molar-refractivity contribution in [1.82, 2.24) is 5.32 Å². The summed E-state index contributed by atoms with van der Waals surface area (Å²) in [5, 5.41) is 2.72. The summed E-state index contributed by atoms with van der Waals surface area (Å²) >= 11 is 0. The van der Waals surface area contributed by atoms with Crippen molar-refractivity contribution in [1.29, 1.82) is 0 Å². The first-order valence-corrected chi connectivity index (χ1v) is 7.65. The number of nitrogens with one attached hydrogen (secondary N) is 1. The molecule has 0 aliphatic heterocycles. The minimum Gasteiger partial charge on any atom is -0.454 e. The molecule has 0 saturated carbocycles. The number of Topliss-reactive ketones (excluding diaryl/α,β-unsaturated/α-hetero) is 1. The first kappa shape index (κ1) is 17.4. The summed E-state index contributed by atoms with van der Waals surface area (Å²) in [6, 6.07) is 15.6. The van der Waals surface area contributed by atoms with Crippen LogP contribution in [0, 0.1) is 0 Å². The van der Waals surface area contributed by atoms with E-state index in [0.717, 1.165) is 5.56 Å². The van der Waals surface area contributed by atoms with Gasteiger partial charge >= 0.3 is 5.97 Å². The highest BCUT2D eigenvalue weighted by Crippen LogP contribution is 2.07. The fraction of sp³-hybridized carbons (Fsp3) is 0.211. The number of ketones is 1. The second-order valence-electron chi connectivity index (χ2n) is 5.30. The first-order chi connectivity index (χ1) is 11.6. The molecule has 0 spiro atoms. The van der Waals surface area contributed by atoms with E-state index in [4.69, 9.17) is 4.74 Å². The Balaban J connectivity index is 1.84. The summed E-state index contributed by atoms with van der Waals surface area (Å²) in [6.07, 6.45) is 0.692. The van der Waals surface area contributed by atoms with Crippen LogP contribution in [0.3, 0.4) is 0 Å². The van der Waals surface area contributed by atoms with Gasteiger partial charge in [-0.25, -0.2) is 4.79 Å². The van der Waals surface area contributed by atoms with Gasteiger partial charge in [-0.1, -0.05) is 42.5 Å².